The van der Waals surface area contributed by atoms with Gasteiger partial charge in [0.2, 0.25) is 0 Å². The number of nitrogens with one attached hydrogen (secondary N) is 3. The van der Waals surface area contributed by atoms with Crippen LogP contribution in [0.1, 0.15) is 29.4 Å². The van der Waals surface area contributed by atoms with Crippen LogP contribution in [0.5, 0.6) is 0 Å². The van der Waals surface area contributed by atoms with Gasteiger partial charge < -0.3 is 15.6 Å². The number of nitrogens with zero attached hydrogens (tertiary/aromatic N) is 2. The number of carbonyl (C=O) groups is 1. The van der Waals surface area contributed by atoms with E-state index in [1.54, 1.807) is 6.07 Å². The molecular formula is C18H21N5O. The van der Waals surface area contributed by atoms with E-state index in [0.717, 1.165) is 24.9 Å². The fraction of sp³-hybridized carbons (Fsp3) is 0.278. The van der Waals surface area contributed by atoms with Gasteiger partial charge in [0.15, 0.2) is 0 Å². The molecule has 0 spiro atoms. The van der Waals surface area contributed by atoms with Crippen molar-refractivity contribution in [3.8, 4) is 0 Å². The summed E-state index contributed by atoms with van der Waals surface area (Å²) in [5, 5.41) is 7.26. The molecule has 3 N–H and O–H groups in total. The highest BCUT2D eigenvalue weighted by molar-refractivity contribution is 5.92. The summed E-state index contributed by atoms with van der Waals surface area (Å²) in [5.41, 5.74) is 2.68. The number of aromatic amines is 1. The van der Waals surface area contributed by atoms with Gasteiger partial charge in [0.1, 0.15) is 17.8 Å². The number of H-pyrrole nitrogens is 1. The number of para-hydroxylation sites is 1. The zero-order valence-electron chi connectivity index (χ0n) is 13.7. The molecule has 0 radical (unpaired) electrons. The van der Waals surface area contributed by atoms with E-state index in [-0.39, 0.29) is 5.91 Å². The van der Waals surface area contributed by atoms with E-state index in [1.165, 1.54) is 17.3 Å². The highest BCUT2D eigenvalue weighted by Gasteiger charge is 2.09. The number of carbonyl (C=O) groups excluding carboxylic acids is 1. The molecule has 0 saturated heterocycles. The summed E-state index contributed by atoms with van der Waals surface area (Å²) in [6, 6.07) is 9.83. The molecule has 0 aliphatic carbocycles. The van der Waals surface area contributed by atoms with Crippen molar-refractivity contribution >= 4 is 22.6 Å². The van der Waals surface area contributed by atoms with Crippen LogP contribution in [0.2, 0.25) is 0 Å². The van der Waals surface area contributed by atoms with Gasteiger partial charge in [-0.1, -0.05) is 25.1 Å². The zero-order chi connectivity index (χ0) is 16.8. The van der Waals surface area contributed by atoms with Crippen LogP contribution in [-0.4, -0.2) is 33.9 Å². The largest absolute Gasteiger partial charge is 0.370 e. The molecule has 1 amide bonds. The van der Waals surface area contributed by atoms with Crippen LogP contribution in [0.3, 0.4) is 0 Å². The lowest BCUT2D eigenvalue weighted by Gasteiger charge is -2.07. The number of anilines is 1. The Morgan fingerprint density at radius 3 is 2.96 bits per heavy atom. The molecular weight excluding hydrogens is 302 g/mol. The number of benzene rings is 1. The van der Waals surface area contributed by atoms with Crippen molar-refractivity contribution in [2.75, 3.05) is 18.4 Å². The Labute approximate surface area is 140 Å². The Morgan fingerprint density at radius 2 is 2.08 bits per heavy atom. The van der Waals surface area contributed by atoms with Crippen LogP contribution in [-0.2, 0) is 6.42 Å². The Morgan fingerprint density at radius 1 is 1.21 bits per heavy atom. The second-order valence-corrected chi connectivity index (χ2v) is 5.58. The normalized spacial score (nSPS) is 10.7. The third kappa shape index (κ3) is 3.71. The first-order valence-electron chi connectivity index (χ1n) is 8.17. The Kier molecular flexibility index (Phi) is 5.05. The molecule has 0 aliphatic rings. The van der Waals surface area contributed by atoms with E-state index in [1.807, 2.05) is 24.4 Å². The summed E-state index contributed by atoms with van der Waals surface area (Å²) in [5.74, 6) is 0.491. The molecule has 0 bridgehead atoms. The minimum atomic E-state index is -0.184. The van der Waals surface area contributed by atoms with Gasteiger partial charge in [0, 0.05) is 36.3 Å². The smallest absolute Gasteiger partial charge is 0.270 e. The fourth-order valence-corrected chi connectivity index (χ4v) is 2.57. The van der Waals surface area contributed by atoms with Crippen molar-refractivity contribution in [3.05, 3.63) is 54.1 Å². The van der Waals surface area contributed by atoms with Crippen molar-refractivity contribution in [1.29, 1.82) is 0 Å². The lowest BCUT2D eigenvalue weighted by Crippen LogP contribution is -2.26. The summed E-state index contributed by atoms with van der Waals surface area (Å²) >= 11 is 0. The number of fused-ring (bicyclic) bond motifs is 1. The lowest BCUT2D eigenvalue weighted by atomic mass is 10.1. The predicted molar refractivity (Wildman–Crippen MR) is 95.1 cm³/mol. The standard InChI is InChI=1S/C18H21N5O/c1-2-8-19-17-10-16(22-12-23-17)18(24)20-9-7-13-11-21-15-6-4-3-5-14(13)15/h3-6,10-12,21H,2,7-9H2,1H3,(H,20,24)(H,19,22,23). The van der Waals surface area contributed by atoms with Crippen LogP contribution in [0.4, 0.5) is 5.82 Å². The molecule has 124 valence electrons. The molecule has 6 nitrogen and oxygen atoms in total. The van der Waals surface area contributed by atoms with Crippen LogP contribution >= 0.6 is 0 Å². The van der Waals surface area contributed by atoms with E-state index in [2.05, 4.69) is 38.6 Å². The molecule has 3 rings (SSSR count). The quantitative estimate of drug-likeness (QED) is 0.624. The summed E-state index contributed by atoms with van der Waals surface area (Å²) in [6.45, 7) is 3.45. The number of amides is 1. The molecule has 0 fully saturated rings. The van der Waals surface area contributed by atoms with Crippen molar-refractivity contribution in [2.45, 2.75) is 19.8 Å². The van der Waals surface area contributed by atoms with Gasteiger partial charge in [-0.15, -0.1) is 0 Å². The molecule has 1 aromatic carbocycles. The Hall–Kier alpha value is -2.89. The van der Waals surface area contributed by atoms with Gasteiger partial charge in [-0.25, -0.2) is 9.97 Å². The fourth-order valence-electron chi connectivity index (χ4n) is 2.57. The first-order chi connectivity index (χ1) is 11.8. The second kappa shape index (κ2) is 7.59. The maximum Gasteiger partial charge on any atom is 0.270 e. The van der Waals surface area contributed by atoms with Gasteiger partial charge >= 0.3 is 0 Å². The summed E-state index contributed by atoms with van der Waals surface area (Å²) in [6.07, 6.45) is 5.17. The molecule has 3 aromatic rings. The number of hydrogen-bond donors (Lipinski definition) is 3. The number of aromatic nitrogens is 3. The van der Waals surface area contributed by atoms with Gasteiger partial charge in [-0.05, 0) is 24.5 Å². The maximum absolute atomic E-state index is 12.2. The van der Waals surface area contributed by atoms with Gasteiger partial charge in [0.05, 0.1) is 0 Å². The summed E-state index contributed by atoms with van der Waals surface area (Å²) in [7, 11) is 0. The number of hydrogen-bond acceptors (Lipinski definition) is 4. The summed E-state index contributed by atoms with van der Waals surface area (Å²) < 4.78 is 0. The molecule has 2 heterocycles. The van der Waals surface area contributed by atoms with Crippen LogP contribution in [0.25, 0.3) is 10.9 Å². The monoisotopic (exact) mass is 323 g/mol. The van der Waals surface area contributed by atoms with Crippen molar-refractivity contribution in [1.82, 2.24) is 20.3 Å². The van der Waals surface area contributed by atoms with E-state index < -0.39 is 0 Å². The zero-order valence-corrected chi connectivity index (χ0v) is 13.7. The first-order valence-corrected chi connectivity index (χ1v) is 8.17. The second-order valence-electron chi connectivity index (χ2n) is 5.58. The van der Waals surface area contributed by atoms with Crippen LogP contribution in [0, 0.1) is 0 Å². The summed E-state index contributed by atoms with van der Waals surface area (Å²) in [4.78, 5) is 23.6. The Bertz CT molecular complexity index is 827. The van der Waals surface area contributed by atoms with E-state index >= 15 is 0 Å². The molecule has 2 aromatic heterocycles. The average molecular weight is 323 g/mol. The third-order valence-electron chi connectivity index (χ3n) is 3.81. The topological polar surface area (TPSA) is 82.7 Å². The van der Waals surface area contributed by atoms with Crippen molar-refractivity contribution < 1.29 is 4.79 Å². The predicted octanol–water partition coefficient (Wildman–Crippen LogP) is 2.75. The Balaban J connectivity index is 1.57. The molecule has 0 saturated carbocycles. The first kappa shape index (κ1) is 16.0. The van der Waals surface area contributed by atoms with E-state index in [9.17, 15) is 4.79 Å². The third-order valence-corrected chi connectivity index (χ3v) is 3.81. The van der Waals surface area contributed by atoms with Crippen LogP contribution in [0.15, 0.2) is 42.9 Å². The molecule has 24 heavy (non-hydrogen) atoms. The molecule has 0 unspecified atom stereocenters. The van der Waals surface area contributed by atoms with Crippen molar-refractivity contribution in [2.24, 2.45) is 0 Å². The van der Waals surface area contributed by atoms with Crippen molar-refractivity contribution in [3.63, 3.8) is 0 Å². The average Bonchev–Trinajstić information content (AvgIpc) is 3.03. The highest BCUT2D eigenvalue weighted by Crippen LogP contribution is 2.17. The van der Waals surface area contributed by atoms with E-state index in [0.29, 0.717) is 18.1 Å². The van der Waals surface area contributed by atoms with Gasteiger partial charge in [0.25, 0.3) is 5.91 Å². The molecule has 0 aliphatic heterocycles. The van der Waals surface area contributed by atoms with Gasteiger partial charge in [-0.3, -0.25) is 4.79 Å². The SMILES string of the molecule is CCCNc1cc(C(=O)NCCc2c[nH]c3ccccc23)ncn1. The molecule has 0 atom stereocenters. The van der Waals surface area contributed by atoms with Gasteiger partial charge in [-0.2, -0.15) is 0 Å². The minimum absolute atomic E-state index is 0.184. The molecule has 6 heteroatoms. The highest BCUT2D eigenvalue weighted by atomic mass is 16.1. The lowest BCUT2D eigenvalue weighted by molar-refractivity contribution is 0.0949. The van der Waals surface area contributed by atoms with E-state index in [4.69, 9.17) is 0 Å². The van der Waals surface area contributed by atoms with Crippen LogP contribution < -0.4 is 10.6 Å². The maximum atomic E-state index is 12.2. The number of rotatable bonds is 7. The minimum Gasteiger partial charge on any atom is -0.370 e.